The summed E-state index contributed by atoms with van der Waals surface area (Å²) in [6, 6.07) is 1.81. The van der Waals surface area contributed by atoms with Gasteiger partial charge in [0.15, 0.2) is 0 Å². The zero-order valence-corrected chi connectivity index (χ0v) is 10.9. The average molecular weight is 283 g/mol. The van der Waals surface area contributed by atoms with Crippen molar-refractivity contribution < 1.29 is 13.6 Å². The molecule has 0 aliphatic heterocycles. The normalized spacial score (nSPS) is 10.5. The van der Waals surface area contributed by atoms with Crippen molar-refractivity contribution in [1.82, 2.24) is 10.3 Å². The Balaban J connectivity index is 2.08. The van der Waals surface area contributed by atoms with Gasteiger partial charge in [0, 0.05) is 16.6 Å². The Bertz CT molecular complexity index is 604. The number of aryl methyl sites for hydroxylation is 1. The van der Waals surface area contributed by atoms with Crippen LogP contribution in [-0.4, -0.2) is 10.9 Å². The van der Waals surface area contributed by atoms with Crippen molar-refractivity contribution >= 4 is 22.9 Å². The van der Waals surface area contributed by atoms with Gasteiger partial charge in [-0.05, 0) is 19.1 Å². The number of aromatic nitrogens is 1. The molecule has 0 saturated heterocycles. The quantitative estimate of drug-likeness (QED) is 0.849. The molecule has 3 N–H and O–H groups in total. The second-order valence-corrected chi connectivity index (χ2v) is 5.22. The number of carbonyl (C=O) groups excluding carboxylic acids is 1. The molecule has 100 valence electrons. The molecule has 0 atom stereocenters. The molecule has 1 aromatic heterocycles. The van der Waals surface area contributed by atoms with Crippen LogP contribution in [0.15, 0.2) is 18.3 Å². The van der Waals surface area contributed by atoms with Crippen molar-refractivity contribution in [3.8, 4) is 0 Å². The SMILES string of the molecule is Cc1cnc(CNC(=O)c2cc(F)c(N)c(F)c2)s1. The summed E-state index contributed by atoms with van der Waals surface area (Å²) in [6.45, 7) is 2.11. The van der Waals surface area contributed by atoms with Crippen LogP contribution in [0.3, 0.4) is 0 Å². The van der Waals surface area contributed by atoms with Gasteiger partial charge in [-0.2, -0.15) is 0 Å². The summed E-state index contributed by atoms with van der Waals surface area (Å²) in [5.74, 6) is -2.48. The maximum Gasteiger partial charge on any atom is 0.251 e. The number of nitrogens with zero attached hydrogens (tertiary/aromatic N) is 1. The Hall–Kier alpha value is -2.02. The lowest BCUT2D eigenvalue weighted by atomic mass is 10.1. The molecule has 0 unspecified atom stereocenters. The highest BCUT2D eigenvalue weighted by atomic mass is 32.1. The van der Waals surface area contributed by atoms with Crippen LogP contribution in [0.5, 0.6) is 0 Å². The van der Waals surface area contributed by atoms with Crippen LogP contribution in [0, 0.1) is 18.6 Å². The maximum absolute atomic E-state index is 13.2. The Morgan fingerprint density at radius 2 is 2.05 bits per heavy atom. The average Bonchev–Trinajstić information content (AvgIpc) is 2.78. The summed E-state index contributed by atoms with van der Waals surface area (Å²) in [7, 11) is 0. The highest BCUT2D eigenvalue weighted by molar-refractivity contribution is 7.11. The molecule has 2 rings (SSSR count). The third-order valence-electron chi connectivity index (χ3n) is 2.41. The first-order valence-corrected chi connectivity index (χ1v) is 6.23. The number of rotatable bonds is 3. The van der Waals surface area contributed by atoms with Crippen molar-refractivity contribution in [2.45, 2.75) is 13.5 Å². The summed E-state index contributed by atoms with van der Waals surface area (Å²) in [5, 5.41) is 3.26. The number of benzene rings is 1. The Morgan fingerprint density at radius 1 is 1.42 bits per heavy atom. The fourth-order valence-electron chi connectivity index (χ4n) is 1.46. The predicted molar refractivity (Wildman–Crippen MR) is 68.8 cm³/mol. The second kappa shape index (κ2) is 5.31. The fraction of sp³-hybridized carbons (Fsp3) is 0.167. The molecule has 0 fully saturated rings. The number of halogens is 2. The molecular weight excluding hydrogens is 272 g/mol. The van der Waals surface area contributed by atoms with Crippen LogP contribution in [0.2, 0.25) is 0 Å². The molecule has 0 radical (unpaired) electrons. The van der Waals surface area contributed by atoms with Crippen molar-refractivity contribution in [1.29, 1.82) is 0 Å². The van der Waals surface area contributed by atoms with E-state index in [0.29, 0.717) is 0 Å². The van der Waals surface area contributed by atoms with Crippen LogP contribution in [0.4, 0.5) is 14.5 Å². The van der Waals surface area contributed by atoms with E-state index >= 15 is 0 Å². The fourth-order valence-corrected chi connectivity index (χ4v) is 2.18. The molecule has 7 heteroatoms. The minimum atomic E-state index is -0.949. The number of hydrogen-bond acceptors (Lipinski definition) is 4. The van der Waals surface area contributed by atoms with Crippen LogP contribution in [0.1, 0.15) is 20.2 Å². The van der Waals surface area contributed by atoms with Gasteiger partial charge in [-0.15, -0.1) is 11.3 Å². The number of thiazole rings is 1. The van der Waals surface area contributed by atoms with Gasteiger partial charge in [-0.3, -0.25) is 4.79 Å². The number of amides is 1. The van der Waals surface area contributed by atoms with Crippen LogP contribution < -0.4 is 11.1 Å². The molecule has 19 heavy (non-hydrogen) atoms. The highest BCUT2D eigenvalue weighted by Crippen LogP contribution is 2.17. The van der Waals surface area contributed by atoms with E-state index in [1.54, 1.807) is 6.20 Å². The Kier molecular flexibility index (Phi) is 3.75. The summed E-state index contributed by atoms with van der Waals surface area (Å²) in [6.07, 6.45) is 1.69. The van der Waals surface area contributed by atoms with Crippen LogP contribution in [-0.2, 0) is 6.54 Å². The van der Waals surface area contributed by atoms with E-state index in [9.17, 15) is 13.6 Å². The molecule has 0 aliphatic carbocycles. The standard InChI is InChI=1S/C12H11F2N3OS/c1-6-4-16-10(19-6)5-17-12(18)7-2-8(13)11(15)9(14)3-7/h2-4H,5,15H2,1H3,(H,17,18). The smallest absolute Gasteiger partial charge is 0.251 e. The lowest BCUT2D eigenvalue weighted by Gasteiger charge is -2.05. The van der Waals surface area contributed by atoms with Crippen LogP contribution >= 0.6 is 11.3 Å². The summed E-state index contributed by atoms with van der Waals surface area (Å²) >= 11 is 1.44. The molecule has 2 aromatic rings. The Labute approximate surface area is 112 Å². The molecule has 0 saturated carbocycles. The largest absolute Gasteiger partial charge is 0.394 e. The third kappa shape index (κ3) is 3.05. The Morgan fingerprint density at radius 3 is 2.58 bits per heavy atom. The molecule has 0 bridgehead atoms. The van der Waals surface area contributed by atoms with Gasteiger partial charge in [-0.25, -0.2) is 13.8 Å². The van der Waals surface area contributed by atoms with Gasteiger partial charge in [0.2, 0.25) is 0 Å². The van der Waals surface area contributed by atoms with E-state index in [-0.39, 0.29) is 12.1 Å². The van der Waals surface area contributed by atoms with Crippen molar-refractivity contribution in [2.24, 2.45) is 0 Å². The number of nitrogens with one attached hydrogen (secondary N) is 1. The first-order valence-electron chi connectivity index (χ1n) is 5.41. The molecular formula is C12H11F2N3OS. The molecule has 4 nitrogen and oxygen atoms in total. The van der Waals surface area contributed by atoms with Crippen molar-refractivity contribution in [3.63, 3.8) is 0 Å². The number of nitrogen functional groups attached to an aromatic ring is 1. The molecule has 0 aliphatic rings. The highest BCUT2D eigenvalue weighted by Gasteiger charge is 2.13. The lowest BCUT2D eigenvalue weighted by molar-refractivity contribution is 0.0950. The zero-order chi connectivity index (χ0) is 14.0. The number of anilines is 1. The number of hydrogen-bond donors (Lipinski definition) is 2. The monoisotopic (exact) mass is 283 g/mol. The maximum atomic E-state index is 13.2. The van der Waals surface area contributed by atoms with E-state index in [1.807, 2.05) is 6.92 Å². The lowest BCUT2D eigenvalue weighted by Crippen LogP contribution is -2.23. The molecule has 0 spiro atoms. The predicted octanol–water partition coefficient (Wildman–Crippen LogP) is 2.24. The van der Waals surface area contributed by atoms with Gasteiger partial charge in [-0.1, -0.05) is 0 Å². The second-order valence-electron chi connectivity index (χ2n) is 3.90. The molecule has 1 heterocycles. The van der Waals surface area contributed by atoms with Gasteiger partial charge >= 0.3 is 0 Å². The first kappa shape index (κ1) is 13.4. The topological polar surface area (TPSA) is 68.0 Å². The third-order valence-corrected chi connectivity index (χ3v) is 3.32. The van der Waals surface area contributed by atoms with Crippen molar-refractivity contribution in [2.75, 3.05) is 5.73 Å². The van der Waals surface area contributed by atoms with E-state index in [2.05, 4.69) is 10.3 Å². The van der Waals surface area contributed by atoms with Crippen molar-refractivity contribution in [3.05, 3.63) is 45.4 Å². The van der Waals surface area contributed by atoms with Crippen LogP contribution in [0.25, 0.3) is 0 Å². The summed E-state index contributed by atoms with van der Waals surface area (Å²) in [4.78, 5) is 16.8. The minimum Gasteiger partial charge on any atom is -0.394 e. The number of carbonyl (C=O) groups is 1. The molecule has 1 aromatic carbocycles. The summed E-state index contributed by atoms with van der Waals surface area (Å²) in [5.41, 5.74) is 4.42. The summed E-state index contributed by atoms with van der Waals surface area (Å²) < 4.78 is 26.4. The van der Waals surface area contributed by atoms with Gasteiger partial charge in [0.1, 0.15) is 22.3 Å². The number of nitrogens with two attached hydrogens (primary N) is 1. The van der Waals surface area contributed by atoms with E-state index < -0.39 is 23.2 Å². The first-order chi connectivity index (χ1) is 8.97. The zero-order valence-electron chi connectivity index (χ0n) is 10.0. The van der Waals surface area contributed by atoms with Gasteiger partial charge in [0.05, 0.1) is 6.54 Å². The van der Waals surface area contributed by atoms with Gasteiger partial charge < -0.3 is 11.1 Å². The van der Waals surface area contributed by atoms with E-state index in [4.69, 9.17) is 5.73 Å². The van der Waals surface area contributed by atoms with E-state index in [1.165, 1.54) is 11.3 Å². The minimum absolute atomic E-state index is 0.113. The van der Waals surface area contributed by atoms with Gasteiger partial charge in [0.25, 0.3) is 5.91 Å². The molecule has 1 amide bonds. The van der Waals surface area contributed by atoms with E-state index in [0.717, 1.165) is 22.0 Å².